The summed E-state index contributed by atoms with van der Waals surface area (Å²) in [6, 6.07) is 72.4. The van der Waals surface area contributed by atoms with Crippen LogP contribution in [0.3, 0.4) is 0 Å². The van der Waals surface area contributed by atoms with Gasteiger partial charge in [0.05, 0.1) is 34.0 Å². The zero-order valence-electron chi connectivity index (χ0n) is 31.1. The van der Waals surface area contributed by atoms with E-state index in [0.717, 1.165) is 39.5 Å². The average molecular weight is 729 g/mol. The minimum absolute atomic E-state index is 0.521. The van der Waals surface area contributed by atoms with Gasteiger partial charge in [0, 0.05) is 45.8 Å². The summed E-state index contributed by atoms with van der Waals surface area (Å²) in [6.45, 7) is 0. The van der Waals surface area contributed by atoms with Crippen LogP contribution in [0.25, 0.3) is 49.9 Å². The van der Waals surface area contributed by atoms with Crippen molar-refractivity contribution in [2.24, 2.45) is 0 Å². The van der Waals surface area contributed by atoms with Gasteiger partial charge in [0.25, 0.3) is 0 Å². The van der Waals surface area contributed by atoms with Crippen LogP contribution in [0.4, 0.5) is 17.1 Å². The molecule has 10 aromatic rings. The third kappa shape index (κ3) is 5.15. The second-order valence-corrected chi connectivity index (χ2v) is 14.6. The molecule has 268 valence electrons. The number of benzene rings is 7. The minimum Gasteiger partial charge on any atom is -0.309 e. The lowest BCUT2D eigenvalue weighted by atomic mass is 9.67. The Balaban J connectivity index is 1.17. The number of nitrogens with zero attached hydrogens (tertiary/aromatic N) is 4. The smallest absolute Gasteiger partial charge is 0.0714 e. The fourth-order valence-corrected chi connectivity index (χ4v) is 9.19. The summed E-state index contributed by atoms with van der Waals surface area (Å²) < 4.78 is 2.37. The summed E-state index contributed by atoms with van der Waals surface area (Å²) in [5.74, 6) is 0. The fourth-order valence-electron chi connectivity index (χ4n) is 9.19. The van der Waals surface area contributed by atoms with Gasteiger partial charge in [0.1, 0.15) is 0 Å². The third-order valence-corrected chi connectivity index (χ3v) is 11.6. The van der Waals surface area contributed by atoms with Crippen LogP contribution in [0.15, 0.2) is 219 Å². The molecule has 0 fully saturated rings. The molecule has 0 unspecified atom stereocenters. The molecule has 4 nitrogen and oxygen atoms in total. The zero-order valence-corrected chi connectivity index (χ0v) is 31.1. The maximum atomic E-state index is 5.03. The van der Waals surface area contributed by atoms with Gasteiger partial charge in [0.15, 0.2) is 0 Å². The van der Waals surface area contributed by atoms with Gasteiger partial charge in [-0.3, -0.25) is 9.97 Å². The Hall–Kier alpha value is -7.56. The number of anilines is 3. The van der Waals surface area contributed by atoms with Crippen LogP contribution in [0.5, 0.6) is 0 Å². The van der Waals surface area contributed by atoms with E-state index in [4.69, 9.17) is 4.98 Å². The standard InChI is InChI=1S/C53H36N4/c1-4-14-38(15-5-1)53(39-16-6-2-7-17-39)48-22-12-10-20-44(48)45-27-24-42(35-49(45)53)56(43-25-28-50(55-36-43)37-30-32-54-33-31-37)41-26-29-52-47(34-41)46-21-11-13-23-51(46)57(52)40-18-8-3-9-19-40/h1-36H. The third-order valence-electron chi connectivity index (χ3n) is 11.6. The van der Waals surface area contributed by atoms with Gasteiger partial charge in [-0.15, -0.1) is 0 Å². The molecule has 0 atom stereocenters. The Kier molecular flexibility index (Phi) is 7.68. The van der Waals surface area contributed by atoms with Crippen LogP contribution < -0.4 is 4.90 Å². The molecule has 0 bridgehead atoms. The van der Waals surface area contributed by atoms with Crippen LogP contribution in [0, 0.1) is 0 Å². The largest absolute Gasteiger partial charge is 0.309 e. The summed E-state index contributed by atoms with van der Waals surface area (Å²) >= 11 is 0. The van der Waals surface area contributed by atoms with E-state index in [0.29, 0.717) is 0 Å². The van der Waals surface area contributed by atoms with Gasteiger partial charge < -0.3 is 9.47 Å². The van der Waals surface area contributed by atoms with Gasteiger partial charge in [-0.1, -0.05) is 127 Å². The minimum atomic E-state index is -0.521. The van der Waals surface area contributed by atoms with E-state index in [2.05, 4.69) is 203 Å². The highest BCUT2D eigenvalue weighted by Crippen LogP contribution is 2.57. The van der Waals surface area contributed by atoms with Crippen LogP contribution in [0.2, 0.25) is 0 Å². The van der Waals surface area contributed by atoms with E-state index >= 15 is 0 Å². The van der Waals surface area contributed by atoms with E-state index in [1.54, 1.807) is 0 Å². The zero-order chi connectivity index (χ0) is 37.8. The topological polar surface area (TPSA) is 34.0 Å². The Labute approximate surface area is 331 Å². The van der Waals surface area contributed by atoms with Crippen molar-refractivity contribution in [3.05, 3.63) is 241 Å². The Bertz CT molecular complexity index is 3010. The predicted octanol–water partition coefficient (Wildman–Crippen LogP) is 13.1. The van der Waals surface area contributed by atoms with E-state index < -0.39 is 5.41 Å². The van der Waals surface area contributed by atoms with Crippen molar-refractivity contribution in [2.45, 2.75) is 5.41 Å². The molecule has 1 aliphatic rings. The van der Waals surface area contributed by atoms with Crippen LogP contribution in [-0.4, -0.2) is 14.5 Å². The number of rotatable bonds is 7. The van der Waals surface area contributed by atoms with Gasteiger partial charge in [-0.2, -0.15) is 0 Å². The lowest BCUT2D eigenvalue weighted by Gasteiger charge is -2.35. The molecule has 0 aliphatic heterocycles. The number of pyridine rings is 2. The molecule has 0 spiro atoms. The maximum absolute atomic E-state index is 5.03. The van der Waals surface area contributed by atoms with Crippen LogP contribution >= 0.6 is 0 Å². The molecular weight excluding hydrogens is 693 g/mol. The van der Waals surface area contributed by atoms with Crippen LogP contribution in [0.1, 0.15) is 22.3 Å². The molecule has 0 amide bonds. The van der Waals surface area contributed by atoms with Crippen molar-refractivity contribution < 1.29 is 0 Å². The second kappa shape index (κ2) is 13.3. The number of hydrogen-bond donors (Lipinski definition) is 0. The molecule has 0 radical (unpaired) electrons. The summed E-state index contributed by atoms with van der Waals surface area (Å²) in [6.07, 6.45) is 5.62. The number of hydrogen-bond acceptors (Lipinski definition) is 3. The Morgan fingerprint density at radius 2 is 1.04 bits per heavy atom. The fraction of sp³-hybridized carbons (Fsp3) is 0.0189. The van der Waals surface area contributed by atoms with Crippen molar-refractivity contribution in [3.8, 4) is 28.1 Å². The first-order valence-electron chi connectivity index (χ1n) is 19.4. The van der Waals surface area contributed by atoms with Gasteiger partial charge in [-0.25, -0.2) is 0 Å². The Morgan fingerprint density at radius 1 is 0.439 bits per heavy atom. The molecule has 3 aromatic heterocycles. The monoisotopic (exact) mass is 728 g/mol. The lowest BCUT2D eigenvalue weighted by molar-refractivity contribution is 0.768. The van der Waals surface area contributed by atoms with Crippen molar-refractivity contribution in [2.75, 3.05) is 4.90 Å². The van der Waals surface area contributed by atoms with E-state index in [-0.39, 0.29) is 0 Å². The predicted molar refractivity (Wildman–Crippen MR) is 234 cm³/mol. The first-order chi connectivity index (χ1) is 28.3. The molecular formula is C53H36N4. The summed E-state index contributed by atoms with van der Waals surface area (Å²) in [7, 11) is 0. The van der Waals surface area contributed by atoms with E-state index in [9.17, 15) is 0 Å². The first kappa shape index (κ1) is 32.8. The second-order valence-electron chi connectivity index (χ2n) is 14.6. The average Bonchev–Trinajstić information content (AvgIpc) is 3.78. The maximum Gasteiger partial charge on any atom is 0.0714 e. The Morgan fingerprint density at radius 3 is 1.77 bits per heavy atom. The number of aromatic nitrogens is 3. The SMILES string of the molecule is c1ccc(-n2c3ccccc3c3cc(N(c4ccc(-c5ccncc5)nc4)c4ccc5c(c4)C(c4ccccc4)(c4ccccc4)c4ccccc4-5)ccc32)cc1. The molecule has 57 heavy (non-hydrogen) atoms. The first-order valence-corrected chi connectivity index (χ1v) is 19.4. The van der Waals surface area contributed by atoms with Crippen LogP contribution in [-0.2, 0) is 5.41 Å². The molecule has 11 rings (SSSR count). The van der Waals surface area contributed by atoms with Gasteiger partial charge in [-0.05, 0) is 106 Å². The summed E-state index contributed by atoms with van der Waals surface area (Å²) in [5, 5.41) is 2.40. The molecule has 0 saturated carbocycles. The number of fused-ring (bicyclic) bond motifs is 6. The molecule has 0 saturated heterocycles. The normalized spacial score (nSPS) is 12.7. The molecule has 4 heteroatoms. The van der Waals surface area contributed by atoms with Gasteiger partial charge >= 0.3 is 0 Å². The molecule has 0 N–H and O–H groups in total. The van der Waals surface area contributed by atoms with Crippen molar-refractivity contribution in [1.29, 1.82) is 0 Å². The van der Waals surface area contributed by atoms with E-state index in [1.165, 1.54) is 49.7 Å². The van der Waals surface area contributed by atoms with Crippen molar-refractivity contribution in [3.63, 3.8) is 0 Å². The van der Waals surface area contributed by atoms with Gasteiger partial charge in [0.2, 0.25) is 0 Å². The lowest BCUT2D eigenvalue weighted by Crippen LogP contribution is -2.28. The van der Waals surface area contributed by atoms with E-state index in [1.807, 2.05) is 30.7 Å². The number of para-hydroxylation sites is 2. The quantitative estimate of drug-likeness (QED) is 0.164. The highest BCUT2D eigenvalue weighted by molar-refractivity contribution is 6.10. The molecule has 7 aromatic carbocycles. The summed E-state index contributed by atoms with van der Waals surface area (Å²) in [4.78, 5) is 11.6. The van der Waals surface area contributed by atoms with Crippen molar-refractivity contribution >= 4 is 38.9 Å². The molecule has 3 heterocycles. The highest BCUT2D eigenvalue weighted by Gasteiger charge is 2.46. The molecule has 1 aliphatic carbocycles. The van der Waals surface area contributed by atoms with Crippen molar-refractivity contribution in [1.82, 2.24) is 14.5 Å². The highest BCUT2D eigenvalue weighted by atomic mass is 15.1. The summed E-state index contributed by atoms with van der Waals surface area (Å²) in [5.41, 5.74) is 15.5.